The predicted octanol–water partition coefficient (Wildman–Crippen LogP) is 2.82. The summed E-state index contributed by atoms with van der Waals surface area (Å²) in [7, 11) is 0. The Hall–Kier alpha value is -2.36. The zero-order valence-electron chi connectivity index (χ0n) is 12.8. The summed E-state index contributed by atoms with van der Waals surface area (Å²) in [5.74, 6) is 0.252. The molecule has 0 aliphatic rings. The number of nitrogens with zero attached hydrogens (tertiary/aromatic N) is 1. The van der Waals surface area contributed by atoms with Gasteiger partial charge in [-0.05, 0) is 48.6 Å². The van der Waals surface area contributed by atoms with Gasteiger partial charge in [-0.3, -0.25) is 4.99 Å². The monoisotopic (exact) mass is 299 g/mol. The standard InChI is InChI=1S/C18H22FN3/c1-14-13-17(19)8-7-16(14)10-12-22-18(20)21-11-9-15-5-3-2-4-6-15/h2-8,13H,9-12H2,1H3,(H3,20,21,22). The largest absolute Gasteiger partial charge is 0.370 e. The Morgan fingerprint density at radius 1 is 1.14 bits per heavy atom. The molecule has 4 heteroatoms. The summed E-state index contributed by atoms with van der Waals surface area (Å²) in [6, 6.07) is 15.1. The molecule has 0 fully saturated rings. The van der Waals surface area contributed by atoms with Crippen LogP contribution in [0.4, 0.5) is 4.39 Å². The Balaban J connectivity index is 1.73. The van der Waals surface area contributed by atoms with E-state index in [2.05, 4.69) is 22.4 Å². The Labute approximate surface area is 131 Å². The molecule has 0 saturated carbocycles. The number of guanidine groups is 1. The van der Waals surface area contributed by atoms with Gasteiger partial charge in [0.2, 0.25) is 0 Å². The second-order valence-corrected chi connectivity index (χ2v) is 5.25. The molecular formula is C18H22FN3. The van der Waals surface area contributed by atoms with Crippen molar-refractivity contribution in [1.29, 1.82) is 0 Å². The fourth-order valence-corrected chi connectivity index (χ4v) is 2.27. The van der Waals surface area contributed by atoms with Crippen LogP contribution in [-0.2, 0) is 12.8 Å². The molecule has 0 heterocycles. The van der Waals surface area contributed by atoms with Gasteiger partial charge in [0.1, 0.15) is 5.82 Å². The van der Waals surface area contributed by atoms with Crippen molar-refractivity contribution >= 4 is 5.96 Å². The maximum absolute atomic E-state index is 13.0. The van der Waals surface area contributed by atoms with E-state index < -0.39 is 0 Å². The number of halogens is 1. The molecule has 3 nitrogen and oxygen atoms in total. The van der Waals surface area contributed by atoms with Gasteiger partial charge in [0.15, 0.2) is 5.96 Å². The number of benzene rings is 2. The highest BCUT2D eigenvalue weighted by Gasteiger charge is 2.00. The van der Waals surface area contributed by atoms with Gasteiger partial charge in [-0.25, -0.2) is 4.39 Å². The summed E-state index contributed by atoms with van der Waals surface area (Å²) in [4.78, 5) is 4.30. The minimum absolute atomic E-state index is 0.202. The highest BCUT2D eigenvalue weighted by atomic mass is 19.1. The zero-order valence-corrected chi connectivity index (χ0v) is 12.8. The van der Waals surface area contributed by atoms with Crippen LogP contribution in [-0.4, -0.2) is 19.0 Å². The zero-order chi connectivity index (χ0) is 15.8. The van der Waals surface area contributed by atoms with Crippen molar-refractivity contribution < 1.29 is 4.39 Å². The lowest BCUT2D eigenvalue weighted by Crippen LogP contribution is -2.33. The molecule has 0 bridgehead atoms. The molecule has 0 amide bonds. The molecule has 3 N–H and O–H groups in total. The van der Waals surface area contributed by atoms with Gasteiger partial charge in [-0.1, -0.05) is 36.4 Å². The average Bonchev–Trinajstić information content (AvgIpc) is 2.50. The number of hydrogen-bond donors (Lipinski definition) is 2. The average molecular weight is 299 g/mol. The van der Waals surface area contributed by atoms with Gasteiger partial charge in [-0.15, -0.1) is 0 Å². The molecule has 0 saturated heterocycles. The third kappa shape index (κ3) is 5.20. The van der Waals surface area contributed by atoms with E-state index in [-0.39, 0.29) is 5.82 Å². The minimum Gasteiger partial charge on any atom is -0.370 e. The Bertz CT molecular complexity index is 623. The second-order valence-electron chi connectivity index (χ2n) is 5.25. The van der Waals surface area contributed by atoms with Crippen LogP contribution in [0.15, 0.2) is 53.5 Å². The Kier molecular flexibility index (Phi) is 5.95. The summed E-state index contributed by atoms with van der Waals surface area (Å²) in [5, 5.41) is 3.11. The van der Waals surface area contributed by atoms with Gasteiger partial charge in [0, 0.05) is 13.1 Å². The lowest BCUT2D eigenvalue weighted by atomic mass is 10.1. The van der Waals surface area contributed by atoms with Crippen molar-refractivity contribution in [2.75, 3.05) is 13.1 Å². The first-order valence-corrected chi connectivity index (χ1v) is 7.48. The van der Waals surface area contributed by atoms with Crippen molar-refractivity contribution in [1.82, 2.24) is 5.32 Å². The maximum Gasteiger partial charge on any atom is 0.188 e. The summed E-state index contributed by atoms with van der Waals surface area (Å²) in [6.45, 7) is 3.26. The molecular weight excluding hydrogens is 277 g/mol. The van der Waals surface area contributed by atoms with Gasteiger partial charge in [-0.2, -0.15) is 0 Å². The van der Waals surface area contributed by atoms with Crippen LogP contribution in [0.2, 0.25) is 0 Å². The first-order valence-electron chi connectivity index (χ1n) is 7.48. The molecule has 0 aromatic heterocycles. The minimum atomic E-state index is -0.202. The molecule has 0 aliphatic carbocycles. The van der Waals surface area contributed by atoms with Crippen molar-refractivity contribution in [2.45, 2.75) is 19.8 Å². The van der Waals surface area contributed by atoms with Crippen LogP contribution >= 0.6 is 0 Å². The first-order chi connectivity index (χ1) is 10.6. The number of aliphatic imine (C=N–C) groups is 1. The van der Waals surface area contributed by atoms with E-state index in [4.69, 9.17) is 5.73 Å². The van der Waals surface area contributed by atoms with Crippen LogP contribution in [0.1, 0.15) is 16.7 Å². The lowest BCUT2D eigenvalue weighted by molar-refractivity contribution is 0.625. The first kappa shape index (κ1) is 16.0. The summed E-state index contributed by atoms with van der Waals surface area (Å²) < 4.78 is 13.0. The second kappa shape index (κ2) is 8.17. The third-order valence-corrected chi connectivity index (χ3v) is 3.53. The van der Waals surface area contributed by atoms with Crippen LogP contribution in [0, 0.1) is 12.7 Å². The molecule has 2 aromatic rings. The van der Waals surface area contributed by atoms with Crippen LogP contribution < -0.4 is 11.1 Å². The maximum atomic E-state index is 13.0. The molecule has 0 spiro atoms. The van der Waals surface area contributed by atoms with Gasteiger partial charge < -0.3 is 11.1 Å². The normalized spacial score (nSPS) is 11.5. The quantitative estimate of drug-likeness (QED) is 0.636. The molecule has 22 heavy (non-hydrogen) atoms. The van der Waals surface area contributed by atoms with Crippen molar-refractivity contribution in [3.8, 4) is 0 Å². The number of nitrogens with one attached hydrogen (secondary N) is 1. The summed E-state index contributed by atoms with van der Waals surface area (Å²) >= 11 is 0. The number of nitrogens with two attached hydrogens (primary N) is 1. The Morgan fingerprint density at radius 3 is 2.64 bits per heavy atom. The van der Waals surface area contributed by atoms with E-state index in [1.165, 1.54) is 11.6 Å². The highest BCUT2D eigenvalue weighted by Crippen LogP contribution is 2.10. The summed E-state index contributed by atoms with van der Waals surface area (Å²) in [5.41, 5.74) is 9.16. The van der Waals surface area contributed by atoms with Crippen molar-refractivity contribution in [3.05, 3.63) is 71.0 Å². The highest BCUT2D eigenvalue weighted by molar-refractivity contribution is 5.77. The van der Waals surface area contributed by atoms with Crippen molar-refractivity contribution in [3.63, 3.8) is 0 Å². The fraction of sp³-hybridized carbons (Fsp3) is 0.278. The predicted molar refractivity (Wildman–Crippen MR) is 89.5 cm³/mol. The molecule has 0 aliphatic heterocycles. The fourth-order valence-electron chi connectivity index (χ4n) is 2.27. The number of rotatable bonds is 6. The topological polar surface area (TPSA) is 50.4 Å². The molecule has 116 valence electrons. The van der Waals surface area contributed by atoms with Gasteiger partial charge in [0.05, 0.1) is 0 Å². The van der Waals surface area contributed by atoms with E-state index in [0.717, 1.165) is 30.5 Å². The van der Waals surface area contributed by atoms with E-state index in [1.54, 1.807) is 12.1 Å². The lowest BCUT2D eigenvalue weighted by Gasteiger charge is -2.07. The van der Waals surface area contributed by atoms with Crippen LogP contribution in [0.5, 0.6) is 0 Å². The van der Waals surface area contributed by atoms with Crippen LogP contribution in [0.25, 0.3) is 0 Å². The molecule has 0 radical (unpaired) electrons. The smallest absolute Gasteiger partial charge is 0.188 e. The number of aryl methyl sites for hydroxylation is 1. The van der Waals surface area contributed by atoms with Crippen LogP contribution in [0.3, 0.4) is 0 Å². The van der Waals surface area contributed by atoms with E-state index in [1.807, 2.05) is 25.1 Å². The third-order valence-electron chi connectivity index (χ3n) is 3.53. The molecule has 0 unspecified atom stereocenters. The van der Waals surface area contributed by atoms with Gasteiger partial charge in [0.25, 0.3) is 0 Å². The van der Waals surface area contributed by atoms with Crippen molar-refractivity contribution in [2.24, 2.45) is 10.7 Å². The summed E-state index contributed by atoms with van der Waals surface area (Å²) in [6.07, 6.45) is 1.67. The molecule has 2 rings (SSSR count). The SMILES string of the molecule is Cc1cc(F)ccc1CCN=C(N)NCCc1ccccc1. The van der Waals surface area contributed by atoms with E-state index in [9.17, 15) is 4.39 Å². The van der Waals surface area contributed by atoms with E-state index >= 15 is 0 Å². The Morgan fingerprint density at radius 2 is 1.91 bits per heavy atom. The van der Waals surface area contributed by atoms with E-state index in [0.29, 0.717) is 12.5 Å². The van der Waals surface area contributed by atoms with Gasteiger partial charge >= 0.3 is 0 Å². The molecule has 0 atom stereocenters. The number of hydrogen-bond acceptors (Lipinski definition) is 1. The molecule has 2 aromatic carbocycles.